The Morgan fingerprint density at radius 2 is 1.85 bits per heavy atom. The Kier molecular flexibility index (Phi) is 5.92. The molecule has 0 saturated heterocycles. The summed E-state index contributed by atoms with van der Waals surface area (Å²) in [5, 5.41) is 2.14. The van der Waals surface area contributed by atoms with Crippen LogP contribution in [0.5, 0.6) is 0 Å². The first-order chi connectivity index (χ1) is 12.1. The van der Waals surface area contributed by atoms with Gasteiger partial charge in [0, 0.05) is 0 Å². The smallest absolute Gasteiger partial charge is 0.416 e. The number of alkyl halides is 3. The average Bonchev–Trinajstić information content (AvgIpc) is 2.56. The number of esters is 1. The molecule has 1 N–H and O–H groups in total. The van der Waals surface area contributed by atoms with Crippen LogP contribution in [0.1, 0.15) is 27.0 Å². The second-order valence-electron chi connectivity index (χ2n) is 5.56. The zero-order valence-electron chi connectivity index (χ0n) is 13.9. The Morgan fingerprint density at radius 3 is 2.50 bits per heavy atom. The molecule has 0 aliphatic rings. The summed E-state index contributed by atoms with van der Waals surface area (Å²) < 4.78 is 43.1. The third-order valence-corrected chi connectivity index (χ3v) is 4.06. The van der Waals surface area contributed by atoms with Crippen molar-refractivity contribution in [3.8, 4) is 0 Å². The summed E-state index contributed by atoms with van der Waals surface area (Å²) in [6, 6.07) is 7.62. The van der Waals surface area contributed by atoms with Crippen LogP contribution in [-0.2, 0) is 15.7 Å². The van der Waals surface area contributed by atoms with Crippen LogP contribution < -0.4 is 5.32 Å². The molecule has 0 spiro atoms. The van der Waals surface area contributed by atoms with Crippen LogP contribution >= 0.6 is 11.6 Å². The third kappa shape index (κ3) is 4.76. The van der Waals surface area contributed by atoms with E-state index in [0.29, 0.717) is 11.6 Å². The highest BCUT2D eigenvalue weighted by Crippen LogP contribution is 2.33. The highest BCUT2D eigenvalue weighted by molar-refractivity contribution is 6.33. The SMILES string of the molecule is Cc1cccc(C(=O)OCC(=O)Nc2cc(C(F)(F)F)ccc2Cl)c1C. The van der Waals surface area contributed by atoms with Crippen molar-refractivity contribution in [1.29, 1.82) is 0 Å². The van der Waals surface area contributed by atoms with Gasteiger partial charge in [-0.05, 0) is 49.2 Å². The number of ether oxygens (including phenoxy) is 1. The minimum absolute atomic E-state index is 0.0628. The fourth-order valence-electron chi connectivity index (χ4n) is 2.16. The first-order valence-electron chi connectivity index (χ1n) is 7.49. The lowest BCUT2D eigenvalue weighted by molar-refractivity contribution is -0.137. The molecule has 0 radical (unpaired) electrons. The summed E-state index contributed by atoms with van der Waals surface area (Å²) in [7, 11) is 0. The van der Waals surface area contributed by atoms with Gasteiger partial charge in [0.05, 0.1) is 21.8 Å². The van der Waals surface area contributed by atoms with Crippen molar-refractivity contribution in [3.63, 3.8) is 0 Å². The predicted octanol–water partition coefficient (Wildman–Crippen LogP) is 4.77. The normalized spacial score (nSPS) is 11.2. The Hall–Kier alpha value is -2.54. The summed E-state index contributed by atoms with van der Waals surface area (Å²) >= 11 is 5.80. The molecule has 2 aromatic rings. The molecule has 0 aliphatic heterocycles. The van der Waals surface area contributed by atoms with Crippen LogP contribution in [0.3, 0.4) is 0 Å². The average molecular weight is 386 g/mol. The van der Waals surface area contributed by atoms with Gasteiger partial charge in [-0.15, -0.1) is 0 Å². The fourth-order valence-corrected chi connectivity index (χ4v) is 2.33. The van der Waals surface area contributed by atoms with Crippen molar-refractivity contribution in [2.45, 2.75) is 20.0 Å². The number of anilines is 1. The lowest BCUT2D eigenvalue weighted by atomic mass is 10.0. The quantitative estimate of drug-likeness (QED) is 0.771. The molecule has 138 valence electrons. The van der Waals surface area contributed by atoms with E-state index in [4.69, 9.17) is 16.3 Å². The molecule has 0 aliphatic carbocycles. The summed E-state index contributed by atoms with van der Waals surface area (Å²) in [4.78, 5) is 23.9. The van der Waals surface area contributed by atoms with Crippen molar-refractivity contribution < 1.29 is 27.5 Å². The summed E-state index contributed by atoms with van der Waals surface area (Å²) in [6.45, 7) is 2.92. The van der Waals surface area contributed by atoms with Gasteiger partial charge in [-0.2, -0.15) is 13.2 Å². The largest absolute Gasteiger partial charge is 0.452 e. The highest BCUT2D eigenvalue weighted by Gasteiger charge is 2.31. The number of carbonyl (C=O) groups excluding carboxylic acids is 2. The van der Waals surface area contributed by atoms with Gasteiger partial charge in [0.15, 0.2) is 6.61 Å². The molecule has 1 amide bonds. The van der Waals surface area contributed by atoms with Gasteiger partial charge in [-0.1, -0.05) is 23.7 Å². The van der Waals surface area contributed by atoms with Crippen LogP contribution in [0.4, 0.5) is 18.9 Å². The Labute approximate surface area is 152 Å². The second-order valence-corrected chi connectivity index (χ2v) is 5.97. The van der Waals surface area contributed by atoms with Gasteiger partial charge in [0.1, 0.15) is 0 Å². The van der Waals surface area contributed by atoms with E-state index in [9.17, 15) is 22.8 Å². The van der Waals surface area contributed by atoms with Gasteiger partial charge in [-0.25, -0.2) is 4.79 Å². The van der Waals surface area contributed by atoms with E-state index >= 15 is 0 Å². The summed E-state index contributed by atoms with van der Waals surface area (Å²) in [6.07, 6.45) is -4.57. The number of aryl methyl sites for hydroxylation is 1. The van der Waals surface area contributed by atoms with Crippen LogP contribution in [0.25, 0.3) is 0 Å². The van der Waals surface area contributed by atoms with Gasteiger partial charge < -0.3 is 10.1 Å². The molecular formula is C18H15ClF3NO3. The molecule has 0 bridgehead atoms. The molecule has 2 rings (SSSR count). The van der Waals surface area contributed by atoms with Crippen LogP contribution in [0.2, 0.25) is 5.02 Å². The number of amides is 1. The van der Waals surface area contributed by atoms with Crippen molar-refractivity contribution in [3.05, 3.63) is 63.7 Å². The minimum atomic E-state index is -4.57. The molecule has 4 nitrogen and oxygen atoms in total. The van der Waals surface area contributed by atoms with E-state index < -0.39 is 30.2 Å². The number of benzene rings is 2. The molecule has 0 fully saturated rings. The van der Waals surface area contributed by atoms with Crippen molar-refractivity contribution in [1.82, 2.24) is 0 Å². The standard InChI is InChI=1S/C18H15ClF3NO3/c1-10-4-3-5-13(11(10)2)17(25)26-9-16(24)23-15-8-12(18(20,21)22)6-7-14(15)19/h3-8H,9H2,1-2H3,(H,23,24). The molecular weight excluding hydrogens is 371 g/mol. The second kappa shape index (κ2) is 7.78. The van der Waals surface area contributed by atoms with E-state index in [1.165, 1.54) is 0 Å². The van der Waals surface area contributed by atoms with E-state index in [1.54, 1.807) is 19.1 Å². The fraction of sp³-hybridized carbons (Fsp3) is 0.222. The van der Waals surface area contributed by atoms with Crippen molar-refractivity contribution in [2.24, 2.45) is 0 Å². The molecule has 2 aromatic carbocycles. The first-order valence-corrected chi connectivity index (χ1v) is 7.87. The molecule has 26 heavy (non-hydrogen) atoms. The topological polar surface area (TPSA) is 55.4 Å². The number of hydrogen-bond acceptors (Lipinski definition) is 3. The molecule has 8 heteroatoms. The minimum Gasteiger partial charge on any atom is -0.452 e. The Morgan fingerprint density at radius 1 is 1.15 bits per heavy atom. The van der Waals surface area contributed by atoms with E-state index in [-0.39, 0.29) is 10.7 Å². The Balaban J connectivity index is 2.03. The van der Waals surface area contributed by atoms with Crippen molar-refractivity contribution >= 4 is 29.2 Å². The summed E-state index contributed by atoms with van der Waals surface area (Å²) in [5.74, 6) is -1.50. The first kappa shape index (κ1) is 19.8. The molecule has 0 atom stereocenters. The maximum atomic E-state index is 12.7. The molecule has 0 heterocycles. The monoisotopic (exact) mass is 385 g/mol. The van der Waals surface area contributed by atoms with E-state index in [0.717, 1.165) is 23.3 Å². The number of rotatable bonds is 4. The molecule has 0 aromatic heterocycles. The van der Waals surface area contributed by atoms with Crippen LogP contribution in [0, 0.1) is 13.8 Å². The number of hydrogen-bond donors (Lipinski definition) is 1. The van der Waals surface area contributed by atoms with Crippen LogP contribution in [-0.4, -0.2) is 18.5 Å². The Bertz CT molecular complexity index is 850. The van der Waals surface area contributed by atoms with Gasteiger partial charge in [0.2, 0.25) is 0 Å². The lowest BCUT2D eigenvalue weighted by Gasteiger charge is -2.12. The van der Waals surface area contributed by atoms with Gasteiger partial charge in [0.25, 0.3) is 5.91 Å². The zero-order valence-corrected chi connectivity index (χ0v) is 14.7. The van der Waals surface area contributed by atoms with Gasteiger partial charge >= 0.3 is 12.1 Å². The zero-order chi connectivity index (χ0) is 19.5. The number of nitrogens with one attached hydrogen (secondary N) is 1. The predicted molar refractivity (Wildman–Crippen MR) is 91.3 cm³/mol. The third-order valence-electron chi connectivity index (χ3n) is 3.73. The number of carbonyl (C=O) groups is 2. The summed E-state index contributed by atoms with van der Waals surface area (Å²) in [5.41, 5.74) is 0.757. The maximum absolute atomic E-state index is 12.7. The highest BCUT2D eigenvalue weighted by atomic mass is 35.5. The maximum Gasteiger partial charge on any atom is 0.416 e. The molecule has 0 unspecified atom stereocenters. The number of halogens is 4. The van der Waals surface area contributed by atoms with E-state index in [1.807, 2.05) is 13.0 Å². The van der Waals surface area contributed by atoms with Gasteiger partial charge in [-0.3, -0.25) is 4.79 Å². The molecule has 0 saturated carbocycles. The van der Waals surface area contributed by atoms with Crippen molar-refractivity contribution in [2.75, 3.05) is 11.9 Å². The van der Waals surface area contributed by atoms with E-state index in [2.05, 4.69) is 5.32 Å². The van der Waals surface area contributed by atoms with Crippen LogP contribution in [0.15, 0.2) is 36.4 Å². The lowest BCUT2D eigenvalue weighted by Crippen LogP contribution is -2.22.